The lowest BCUT2D eigenvalue weighted by molar-refractivity contribution is 0.374. The van der Waals surface area contributed by atoms with Crippen molar-refractivity contribution in [3.63, 3.8) is 0 Å². The Labute approximate surface area is 185 Å². The van der Waals surface area contributed by atoms with Crippen molar-refractivity contribution < 1.29 is 14.2 Å². The molecule has 0 aliphatic heterocycles. The number of nitrogens with one attached hydrogen (secondary N) is 1. The standard InChI is InChI=1S/C26H32N2O3/c1-5-6-25(27)28-26(19-7-13-22(29-2)14-8-19,20-9-15-23(30-3)16-10-20)21-11-17-24(31-4)18-12-21/h7-18,25,28H,5-6,27H2,1-4H3. The molecule has 5 nitrogen and oxygen atoms in total. The van der Waals surface area contributed by atoms with Crippen molar-refractivity contribution in [2.24, 2.45) is 5.73 Å². The van der Waals surface area contributed by atoms with Crippen LogP contribution in [0.2, 0.25) is 0 Å². The molecular weight excluding hydrogens is 388 g/mol. The number of methoxy groups -OCH3 is 3. The number of nitrogens with two attached hydrogens (primary N) is 1. The van der Waals surface area contributed by atoms with Gasteiger partial charge in [-0.2, -0.15) is 0 Å². The van der Waals surface area contributed by atoms with Crippen molar-refractivity contribution in [1.82, 2.24) is 5.32 Å². The van der Waals surface area contributed by atoms with Gasteiger partial charge in [0.15, 0.2) is 0 Å². The summed E-state index contributed by atoms with van der Waals surface area (Å²) in [5.74, 6) is 2.42. The molecule has 0 heterocycles. The summed E-state index contributed by atoms with van der Waals surface area (Å²) >= 11 is 0. The summed E-state index contributed by atoms with van der Waals surface area (Å²) < 4.78 is 16.2. The molecule has 0 aliphatic carbocycles. The molecule has 3 N–H and O–H groups in total. The van der Waals surface area contributed by atoms with Gasteiger partial charge in [0.25, 0.3) is 0 Å². The Morgan fingerprint density at radius 2 is 1.00 bits per heavy atom. The molecule has 1 unspecified atom stereocenters. The van der Waals surface area contributed by atoms with E-state index >= 15 is 0 Å². The topological polar surface area (TPSA) is 65.7 Å². The fourth-order valence-corrected chi connectivity index (χ4v) is 3.93. The highest BCUT2D eigenvalue weighted by Crippen LogP contribution is 2.39. The van der Waals surface area contributed by atoms with Crippen LogP contribution in [0.4, 0.5) is 0 Å². The third kappa shape index (κ3) is 4.84. The molecule has 0 saturated carbocycles. The van der Waals surface area contributed by atoms with E-state index in [9.17, 15) is 0 Å². The van der Waals surface area contributed by atoms with Crippen molar-refractivity contribution in [2.45, 2.75) is 31.5 Å². The van der Waals surface area contributed by atoms with Gasteiger partial charge in [0.05, 0.1) is 33.0 Å². The molecule has 0 saturated heterocycles. The minimum atomic E-state index is -0.667. The van der Waals surface area contributed by atoms with Crippen LogP contribution in [0.3, 0.4) is 0 Å². The van der Waals surface area contributed by atoms with Gasteiger partial charge in [-0.3, -0.25) is 5.32 Å². The molecule has 0 aliphatic rings. The monoisotopic (exact) mass is 420 g/mol. The summed E-state index contributed by atoms with van der Waals surface area (Å²) in [6.07, 6.45) is 1.64. The second kappa shape index (κ2) is 10.3. The van der Waals surface area contributed by atoms with Gasteiger partial charge in [-0.05, 0) is 59.5 Å². The molecule has 5 heteroatoms. The predicted molar refractivity (Wildman–Crippen MR) is 125 cm³/mol. The molecule has 0 bridgehead atoms. The number of hydrogen-bond donors (Lipinski definition) is 2. The van der Waals surface area contributed by atoms with Crippen LogP contribution in [-0.4, -0.2) is 27.5 Å². The van der Waals surface area contributed by atoms with Crippen LogP contribution in [0.15, 0.2) is 72.8 Å². The Balaban J connectivity index is 2.25. The fraction of sp³-hybridized carbons (Fsp3) is 0.308. The second-order valence-corrected chi connectivity index (χ2v) is 7.48. The van der Waals surface area contributed by atoms with Crippen LogP contribution in [0.25, 0.3) is 0 Å². The largest absolute Gasteiger partial charge is 0.497 e. The summed E-state index contributed by atoms with van der Waals surface area (Å²) in [5.41, 5.74) is 9.09. The van der Waals surface area contributed by atoms with E-state index < -0.39 is 5.54 Å². The number of hydrogen-bond acceptors (Lipinski definition) is 5. The van der Waals surface area contributed by atoms with E-state index in [1.165, 1.54) is 0 Å². The van der Waals surface area contributed by atoms with Gasteiger partial charge in [-0.1, -0.05) is 49.7 Å². The Kier molecular flexibility index (Phi) is 7.55. The molecule has 0 fully saturated rings. The van der Waals surface area contributed by atoms with Gasteiger partial charge in [0, 0.05) is 0 Å². The molecule has 0 radical (unpaired) electrons. The van der Waals surface area contributed by atoms with Crippen LogP contribution in [0, 0.1) is 0 Å². The predicted octanol–water partition coefficient (Wildman–Crippen LogP) is 4.68. The normalized spacial score (nSPS) is 12.3. The Hall–Kier alpha value is -3.02. The van der Waals surface area contributed by atoms with Crippen molar-refractivity contribution >= 4 is 0 Å². The van der Waals surface area contributed by atoms with Crippen molar-refractivity contribution in [2.75, 3.05) is 21.3 Å². The van der Waals surface area contributed by atoms with E-state index in [4.69, 9.17) is 19.9 Å². The highest BCUT2D eigenvalue weighted by atomic mass is 16.5. The SMILES string of the molecule is CCCC(N)NC(c1ccc(OC)cc1)(c1ccc(OC)cc1)c1ccc(OC)cc1. The smallest absolute Gasteiger partial charge is 0.118 e. The van der Waals surface area contributed by atoms with Gasteiger partial charge >= 0.3 is 0 Å². The minimum Gasteiger partial charge on any atom is -0.497 e. The molecule has 0 spiro atoms. The van der Waals surface area contributed by atoms with Crippen LogP contribution >= 0.6 is 0 Å². The first-order valence-electron chi connectivity index (χ1n) is 10.5. The van der Waals surface area contributed by atoms with Crippen molar-refractivity contribution in [1.29, 1.82) is 0 Å². The zero-order valence-electron chi connectivity index (χ0n) is 18.7. The molecule has 3 rings (SSSR count). The lowest BCUT2D eigenvalue weighted by atomic mass is 9.76. The molecule has 3 aromatic rings. The van der Waals surface area contributed by atoms with Crippen LogP contribution in [0.5, 0.6) is 17.2 Å². The summed E-state index contributed by atoms with van der Waals surface area (Å²) in [4.78, 5) is 0. The summed E-state index contributed by atoms with van der Waals surface area (Å²) in [5, 5.41) is 3.75. The number of benzene rings is 3. The van der Waals surface area contributed by atoms with E-state index in [0.717, 1.165) is 46.8 Å². The maximum atomic E-state index is 6.57. The quantitative estimate of drug-likeness (QED) is 0.368. The highest BCUT2D eigenvalue weighted by Gasteiger charge is 2.37. The third-order valence-corrected chi connectivity index (χ3v) is 5.57. The minimum absolute atomic E-state index is 0.198. The third-order valence-electron chi connectivity index (χ3n) is 5.57. The Morgan fingerprint density at radius 1 is 0.677 bits per heavy atom. The van der Waals surface area contributed by atoms with Crippen LogP contribution < -0.4 is 25.3 Å². The van der Waals surface area contributed by atoms with E-state index in [1.807, 2.05) is 36.4 Å². The molecule has 3 aromatic carbocycles. The van der Waals surface area contributed by atoms with Crippen LogP contribution in [0.1, 0.15) is 36.5 Å². The van der Waals surface area contributed by atoms with Crippen molar-refractivity contribution in [3.8, 4) is 17.2 Å². The zero-order chi connectivity index (χ0) is 22.3. The first kappa shape index (κ1) is 22.7. The molecule has 164 valence electrons. The number of rotatable bonds is 10. The average molecular weight is 421 g/mol. The van der Waals surface area contributed by atoms with Gasteiger partial charge in [0.1, 0.15) is 17.2 Å². The maximum absolute atomic E-state index is 6.57. The van der Waals surface area contributed by atoms with E-state index in [1.54, 1.807) is 21.3 Å². The first-order chi connectivity index (χ1) is 15.1. The maximum Gasteiger partial charge on any atom is 0.118 e. The lowest BCUT2D eigenvalue weighted by Gasteiger charge is -2.39. The number of ether oxygens (including phenoxy) is 3. The van der Waals surface area contributed by atoms with E-state index in [0.29, 0.717) is 0 Å². The fourth-order valence-electron chi connectivity index (χ4n) is 3.93. The molecule has 31 heavy (non-hydrogen) atoms. The summed E-state index contributed by atoms with van der Waals surface area (Å²) in [6, 6.07) is 24.4. The van der Waals surface area contributed by atoms with Gasteiger partial charge in [-0.15, -0.1) is 0 Å². The Morgan fingerprint density at radius 3 is 1.26 bits per heavy atom. The van der Waals surface area contributed by atoms with Gasteiger partial charge < -0.3 is 19.9 Å². The highest BCUT2D eigenvalue weighted by molar-refractivity contribution is 5.52. The zero-order valence-corrected chi connectivity index (χ0v) is 18.7. The molecule has 1 atom stereocenters. The first-order valence-corrected chi connectivity index (χ1v) is 10.5. The summed E-state index contributed by atoms with van der Waals surface area (Å²) in [6.45, 7) is 2.14. The molecule has 0 aromatic heterocycles. The molecule has 0 amide bonds. The van der Waals surface area contributed by atoms with E-state index in [-0.39, 0.29) is 6.17 Å². The van der Waals surface area contributed by atoms with Crippen LogP contribution in [-0.2, 0) is 5.54 Å². The van der Waals surface area contributed by atoms with Gasteiger partial charge in [-0.25, -0.2) is 0 Å². The summed E-state index contributed by atoms with van der Waals surface area (Å²) in [7, 11) is 5.01. The second-order valence-electron chi connectivity index (χ2n) is 7.48. The average Bonchev–Trinajstić information content (AvgIpc) is 2.83. The van der Waals surface area contributed by atoms with E-state index in [2.05, 4.69) is 48.6 Å². The Bertz CT molecular complexity index is 822. The molecular formula is C26H32N2O3. The van der Waals surface area contributed by atoms with Crippen molar-refractivity contribution in [3.05, 3.63) is 89.5 Å². The van der Waals surface area contributed by atoms with Gasteiger partial charge in [0.2, 0.25) is 0 Å². The lowest BCUT2D eigenvalue weighted by Crippen LogP contribution is -2.53.